The van der Waals surface area contributed by atoms with Crippen molar-refractivity contribution in [2.24, 2.45) is 0 Å². The van der Waals surface area contributed by atoms with Gasteiger partial charge in [0.1, 0.15) is 18.0 Å². The Balaban J connectivity index is 1.89. The van der Waals surface area contributed by atoms with Gasteiger partial charge in [0.15, 0.2) is 0 Å². The van der Waals surface area contributed by atoms with Crippen LogP contribution in [-0.4, -0.2) is 37.1 Å². The maximum Gasteiger partial charge on any atom is 0.303 e. The highest BCUT2D eigenvalue weighted by Gasteiger charge is 2.45. The normalized spacial score (nSPS) is 25.8. The second kappa shape index (κ2) is 12.0. The molecule has 1 aliphatic rings. The molecular formula is C23H24ClI3O4. The van der Waals surface area contributed by atoms with Gasteiger partial charge in [-0.05, 0) is 48.2 Å². The molecule has 31 heavy (non-hydrogen) atoms. The minimum atomic E-state index is -0.348. The summed E-state index contributed by atoms with van der Waals surface area (Å²) < 4.78 is 19.0. The predicted molar refractivity (Wildman–Crippen MR) is 150 cm³/mol. The van der Waals surface area contributed by atoms with E-state index in [0.29, 0.717) is 18.1 Å². The lowest BCUT2D eigenvalue weighted by molar-refractivity contribution is -0.164. The predicted octanol–water partition coefficient (Wildman–Crippen LogP) is 6.74. The molecule has 3 rings (SSSR count). The maximum absolute atomic E-state index is 11.8. The average molecular weight is 781 g/mol. The van der Waals surface area contributed by atoms with Gasteiger partial charge in [-0.25, -0.2) is 0 Å². The van der Waals surface area contributed by atoms with Crippen LogP contribution in [0.4, 0.5) is 0 Å². The summed E-state index contributed by atoms with van der Waals surface area (Å²) in [5.41, 5.74) is 3.14. The number of esters is 1. The Morgan fingerprint density at radius 1 is 1.13 bits per heavy atom. The van der Waals surface area contributed by atoms with Crippen LogP contribution in [0.1, 0.15) is 36.6 Å². The van der Waals surface area contributed by atoms with E-state index < -0.39 is 0 Å². The number of carbonyl (C=O) groups is 1. The molecule has 5 unspecified atom stereocenters. The van der Waals surface area contributed by atoms with Gasteiger partial charge in [0, 0.05) is 16.4 Å². The molecule has 0 saturated carbocycles. The largest absolute Gasteiger partial charge is 0.494 e. The highest BCUT2D eigenvalue weighted by Crippen LogP contribution is 2.42. The minimum Gasteiger partial charge on any atom is -0.494 e. The van der Waals surface area contributed by atoms with Gasteiger partial charge in [0.05, 0.1) is 20.6 Å². The number of benzene rings is 2. The molecule has 1 saturated heterocycles. The zero-order valence-corrected chi connectivity index (χ0v) is 24.4. The van der Waals surface area contributed by atoms with Crippen molar-refractivity contribution >= 4 is 85.3 Å². The zero-order valence-electron chi connectivity index (χ0n) is 17.2. The van der Waals surface area contributed by atoms with Crippen molar-refractivity contribution in [3.05, 3.63) is 64.2 Å². The van der Waals surface area contributed by atoms with Crippen molar-refractivity contribution in [3.63, 3.8) is 0 Å². The summed E-state index contributed by atoms with van der Waals surface area (Å²) in [4.78, 5) is 11.8. The van der Waals surface area contributed by atoms with E-state index in [1.54, 1.807) is 0 Å². The van der Waals surface area contributed by atoms with E-state index in [2.05, 4.69) is 86.0 Å². The van der Waals surface area contributed by atoms with Gasteiger partial charge >= 0.3 is 5.97 Å². The highest BCUT2D eigenvalue weighted by atomic mass is 127. The molecule has 0 radical (unpaired) electrons. The van der Waals surface area contributed by atoms with Gasteiger partial charge in [0.2, 0.25) is 0 Å². The molecule has 1 fully saturated rings. The number of carbonyl (C=O) groups excluding carboxylic acids is 1. The average Bonchev–Trinajstić information content (AvgIpc) is 2.75. The first-order chi connectivity index (χ1) is 14.8. The minimum absolute atomic E-state index is 0.0881. The van der Waals surface area contributed by atoms with Gasteiger partial charge < -0.3 is 14.2 Å². The molecule has 0 aliphatic carbocycles. The molecule has 0 amide bonds. The molecule has 0 bridgehead atoms. The van der Waals surface area contributed by atoms with Crippen molar-refractivity contribution in [3.8, 4) is 5.75 Å². The number of alkyl halides is 3. The second-order valence-corrected chi connectivity index (χ2v) is 11.5. The molecule has 0 N–H and O–H groups in total. The molecule has 1 heterocycles. The first kappa shape index (κ1) is 25.8. The van der Waals surface area contributed by atoms with Gasteiger partial charge in [-0.3, -0.25) is 4.79 Å². The molecule has 8 heteroatoms. The summed E-state index contributed by atoms with van der Waals surface area (Å²) >= 11 is 13.7. The van der Waals surface area contributed by atoms with Gasteiger partial charge in [0.25, 0.3) is 0 Å². The van der Waals surface area contributed by atoms with Crippen LogP contribution in [-0.2, 0) is 20.7 Å². The Morgan fingerprint density at radius 2 is 1.84 bits per heavy atom. The second-order valence-electron chi connectivity index (χ2n) is 7.32. The Labute approximate surface area is 229 Å². The maximum atomic E-state index is 11.8. The summed E-state index contributed by atoms with van der Waals surface area (Å²) in [7, 11) is 0. The summed E-state index contributed by atoms with van der Waals surface area (Å²) in [6, 6.07) is 14.0. The van der Waals surface area contributed by atoms with Crippen molar-refractivity contribution in [1.82, 2.24) is 0 Å². The van der Waals surface area contributed by atoms with Crippen LogP contribution < -0.4 is 4.74 Å². The van der Waals surface area contributed by atoms with E-state index in [4.69, 9.17) is 25.8 Å². The fourth-order valence-corrected chi connectivity index (χ4v) is 7.33. The molecule has 2 aromatic rings. The van der Waals surface area contributed by atoms with E-state index in [-0.39, 0.29) is 32.1 Å². The molecule has 0 aromatic heterocycles. The first-order valence-electron chi connectivity index (χ1n) is 10.0. The highest BCUT2D eigenvalue weighted by molar-refractivity contribution is 14.1. The Bertz CT molecular complexity index is 893. The summed E-state index contributed by atoms with van der Waals surface area (Å²) in [5.74, 6) is 0.567. The van der Waals surface area contributed by atoms with Gasteiger partial charge in [-0.1, -0.05) is 104 Å². The summed E-state index contributed by atoms with van der Waals surface area (Å²) in [6.45, 7) is 4.07. The van der Waals surface area contributed by atoms with Crippen LogP contribution in [0.5, 0.6) is 5.75 Å². The van der Waals surface area contributed by atoms with Crippen LogP contribution in [0.15, 0.2) is 42.5 Å². The van der Waals surface area contributed by atoms with E-state index >= 15 is 0 Å². The number of hydrogen-bond acceptors (Lipinski definition) is 4. The van der Waals surface area contributed by atoms with E-state index in [1.165, 1.54) is 6.92 Å². The third-order valence-electron chi connectivity index (χ3n) is 5.07. The molecular weight excluding hydrogens is 756 g/mol. The van der Waals surface area contributed by atoms with Gasteiger partial charge in [-0.2, -0.15) is 0 Å². The lowest BCUT2D eigenvalue weighted by Gasteiger charge is -2.42. The molecule has 2 aromatic carbocycles. The van der Waals surface area contributed by atoms with Crippen LogP contribution in [0, 0.1) is 0 Å². The summed E-state index contributed by atoms with van der Waals surface area (Å²) in [6.07, 6.45) is 0.110. The van der Waals surface area contributed by atoms with Crippen molar-refractivity contribution in [2.75, 3.05) is 11.0 Å². The zero-order chi connectivity index (χ0) is 22.5. The third kappa shape index (κ3) is 6.60. The van der Waals surface area contributed by atoms with Crippen LogP contribution in [0.2, 0.25) is 5.02 Å². The number of hydrogen-bond donors (Lipinski definition) is 0. The van der Waals surface area contributed by atoms with Gasteiger partial charge in [-0.15, -0.1) is 0 Å². The lowest BCUT2D eigenvalue weighted by atomic mass is 9.93. The molecule has 168 valence electrons. The molecule has 5 atom stereocenters. The summed E-state index contributed by atoms with van der Waals surface area (Å²) in [5, 5.41) is 0.709. The van der Waals surface area contributed by atoms with Crippen molar-refractivity contribution in [2.45, 2.75) is 46.4 Å². The first-order valence-corrected chi connectivity index (χ1v) is 14.4. The van der Waals surface area contributed by atoms with Crippen LogP contribution in [0.25, 0.3) is 0 Å². The Morgan fingerprint density at radius 3 is 2.45 bits per heavy atom. The van der Waals surface area contributed by atoms with Crippen LogP contribution >= 0.6 is 79.4 Å². The molecule has 1 aliphatic heterocycles. The standard InChI is InChI=1S/C23H24ClI3O4/c1-3-29-17-7-4-14(5-8-17)10-16-11-15(6-9-18(16)24)22-23(30-13(2)28)21(27)20(26)19(12-25)31-22/h4-9,11,19-23H,3,10,12H2,1-2H3. The fraction of sp³-hybridized carbons (Fsp3) is 0.435. The van der Waals surface area contributed by atoms with E-state index in [0.717, 1.165) is 26.9 Å². The number of halogens is 4. The number of ether oxygens (including phenoxy) is 3. The SMILES string of the molecule is CCOc1ccc(Cc2cc(C3OC(CI)C(I)C(I)C3OC(C)=O)ccc2Cl)cc1. The van der Waals surface area contributed by atoms with Crippen molar-refractivity contribution in [1.29, 1.82) is 0 Å². The van der Waals surface area contributed by atoms with E-state index in [9.17, 15) is 4.79 Å². The lowest BCUT2D eigenvalue weighted by Crippen LogP contribution is -2.50. The quantitative estimate of drug-likeness (QED) is 0.178. The Kier molecular flexibility index (Phi) is 10.00. The third-order valence-corrected chi connectivity index (χ3v) is 10.7. The van der Waals surface area contributed by atoms with Crippen molar-refractivity contribution < 1.29 is 19.0 Å². The topological polar surface area (TPSA) is 44.8 Å². The monoisotopic (exact) mass is 780 g/mol. The smallest absolute Gasteiger partial charge is 0.303 e. The number of rotatable bonds is 7. The Hall–Kier alpha value is 0.150. The molecule has 0 spiro atoms. The van der Waals surface area contributed by atoms with Crippen LogP contribution in [0.3, 0.4) is 0 Å². The fourth-order valence-electron chi connectivity index (χ4n) is 3.60. The molecule has 4 nitrogen and oxygen atoms in total. The van der Waals surface area contributed by atoms with E-state index in [1.807, 2.05) is 31.2 Å².